The quantitative estimate of drug-likeness (QED) is 0.812. The van der Waals surface area contributed by atoms with E-state index in [-0.39, 0.29) is 5.91 Å². The van der Waals surface area contributed by atoms with E-state index in [4.69, 9.17) is 0 Å². The SMILES string of the molecule is CCCNC(=O)CNC(C)Cc1ccc(Br)cc1. The molecule has 0 spiro atoms. The van der Waals surface area contributed by atoms with Gasteiger partial charge in [-0.15, -0.1) is 0 Å². The number of hydrogen-bond acceptors (Lipinski definition) is 2. The summed E-state index contributed by atoms with van der Waals surface area (Å²) >= 11 is 3.42. The number of carbonyl (C=O) groups is 1. The van der Waals surface area contributed by atoms with Gasteiger partial charge in [0, 0.05) is 17.1 Å². The van der Waals surface area contributed by atoms with E-state index in [9.17, 15) is 4.79 Å². The summed E-state index contributed by atoms with van der Waals surface area (Å²) in [6, 6.07) is 8.56. The van der Waals surface area contributed by atoms with Gasteiger partial charge in [-0.25, -0.2) is 0 Å². The van der Waals surface area contributed by atoms with Gasteiger partial charge in [-0.3, -0.25) is 4.79 Å². The van der Waals surface area contributed by atoms with Gasteiger partial charge in [0.15, 0.2) is 0 Å². The van der Waals surface area contributed by atoms with Crippen molar-refractivity contribution in [2.24, 2.45) is 0 Å². The summed E-state index contributed by atoms with van der Waals surface area (Å²) in [7, 11) is 0. The van der Waals surface area contributed by atoms with Crippen LogP contribution in [-0.4, -0.2) is 25.0 Å². The van der Waals surface area contributed by atoms with Gasteiger partial charge in [0.2, 0.25) is 5.91 Å². The highest BCUT2D eigenvalue weighted by atomic mass is 79.9. The van der Waals surface area contributed by atoms with Crippen LogP contribution in [0.4, 0.5) is 0 Å². The number of hydrogen-bond donors (Lipinski definition) is 2. The van der Waals surface area contributed by atoms with Gasteiger partial charge in [-0.1, -0.05) is 35.0 Å². The van der Waals surface area contributed by atoms with E-state index < -0.39 is 0 Å². The monoisotopic (exact) mass is 312 g/mol. The molecule has 3 nitrogen and oxygen atoms in total. The normalized spacial score (nSPS) is 12.2. The smallest absolute Gasteiger partial charge is 0.233 e. The molecule has 1 amide bonds. The predicted molar refractivity (Wildman–Crippen MR) is 78.6 cm³/mol. The van der Waals surface area contributed by atoms with Crippen LogP contribution in [0.25, 0.3) is 0 Å². The van der Waals surface area contributed by atoms with Gasteiger partial charge in [0.1, 0.15) is 0 Å². The lowest BCUT2D eigenvalue weighted by Gasteiger charge is -2.13. The molecule has 0 heterocycles. The molecule has 0 aliphatic heterocycles. The van der Waals surface area contributed by atoms with Crippen molar-refractivity contribution in [1.29, 1.82) is 0 Å². The molecule has 1 atom stereocenters. The predicted octanol–water partition coefficient (Wildman–Crippen LogP) is 2.50. The molecule has 4 heteroatoms. The van der Waals surface area contributed by atoms with Gasteiger partial charge in [-0.05, 0) is 37.5 Å². The Morgan fingerprint density at radius 2 is 2.00 bits per heavy atom. The standard InChI is InChI=1S/C14H21BrN2O/c1-3-8-16-14(18)10-17-11(2)9-12-4-6-13(15)7-5-12/h4-7,11,17H,3,8-10H2,1-2H3,(H,16,18). The number of carbonyl (C=O) groups excluding carboxylic acids is 1. The zero-order valence-electron chi connectivity index (χ0n) is 11.0. The number of rotatable bonds is 7. The minimum absolute atomic E-state index is 0.0690. The first-order valence-electron chi connectivity index (χ1n) is 6.36. The van der Waals surface area contributed by atoms with E-state index >= 15 is 0 Å². The van der Waals surface area contributed by atoms with Crippen LogP contribution < -0.4 is 10.6 Å². The van der Waals surface area contributed by atoms with Crippen LogP contribution in [0.1, 0.15) is 25.8 Å². The Morgan fingerprint density at radius 3 is 2.61 bits per heavy atom. The molecular weight excluding hydrogens is 292 g/mol. The molecule has 0 aromatic heterocycles. The molecule has 0 bridgehead atoms. The molecule has 1 aromatic carbocycles. The first-order valence-corrected chi connectivity index (χ1v) is 7.15. The fourth-order valence-corrected chi connectivity index (χ4v) is 1.90. The average molecular weight is 313 g/mol. The van der Waals surface area contributed by atoms with E-state index in [1.165, 1.54) is 5.56 Å². The van der Waals surface area contributed by atoms with Crippen molar-refractivity contribution in [3.63, 3.8) is 0 Å². The highest BCUT2D eigenvalue weighted by molar-refractivity contribution is 9.10. The third-order valence-corrected chi connectivity index (χ3v) is 3.17. The van der Waals surface area contributed by atoms with Crippen molar-refractivity contribution in [1.82, 2.24) is 10.6 Å². The highest BCUT2D eigenvalue weighted by Crippen LogP contribution is 2.11. The fourth-order valence-electron chi connectivity index (χ4n) is 1.64. The molecule has 0 saturated carbocycles. The van der Waals surface area contributed by atoms with E-state index in [1.54, 1.807) is 0 Å². The Morgan fingerprint density at radius 1 is 1.33 bits per heavy atom. The van der Waals surface area contributed by atoms with E-state index in [1.807, 2.05) is 19.1 Å². The van der Waals surface area contributed by atoms with Crippen molar-refractivity contribution in [2.75, 3.05) is 13.1 Å². The molecule has 0 aliphatic rings. The summed E-state index contributed by atoms with van der Waals surface area (Å²) in [5.41, 5.74) is 1.27. The summed E-state index contributed by atoms with van der Waals surface area (Å²) in [4.78, 5) is 11.4. The molecular formula is C14H21BrN2O. The van der Waals surface area contributed by atoms with Gasteiger partial charge >= 0.3 is 0 Å². The molecule has 0 saturated heterocycles. The van der Waals surface area contributed by atoms with Crippen molar-refractivity contribution in [3.8, 4) is 0 Å². The molecule has 0 radical (unpaired) electrons. The zero-order valence-corrected chi connectivity index (χ0v) is 12.6. The number of benzene rings is 1. The largest absolute Gasteiger partial charge is 0.355 e. The minimum Gasteiger partial charge on any atom is -0.355 e. The molecule has 18 heavy (non-hydrogen) atoms. The summed E-state index contributed by atoms with van der Waals surface area (Å²) in [5, 5.41) is 6.08. The van der Waals surface area contributed by atoms with Crippen LogP contribution >= 0.6 is 15.9 Å². The Bertz CT molecular complexity index is 365. The van der Waals surface area contributed by atoms with Crippen LogP contribution in [0, 0.1) is 0 Å². The van der Waals surface area contributed by atoms with Crippen LogP contribution in [0.2, 0.25) is 0 Å². The average Bonchev–Trinajstić information content (AvgIpc) is 2.36. The molecule has 100 valence electrons. The Hall–Kier alpha value is -0.870. The van der Waals surface area contributed by atoms with Crippen molar-refractivity contribution in [3.05, 3.63) is 34.3 Å². The second kappa shape index (κ2) is 8.27. The van der Waals surface area contributed by atoms with Crippen molar-refractivity contribution in [2.45, 2.75) is 32.7 Å². The van der Waals surface area contributed by atoms with Crippen molar-refractivity contribution >= 4 is 21.8 Å². The summed E-state index contributed by atoms with van der Waals surface area (Å²) in [6.45, 7) is 5.28. The maximum Gasteiger partial charge on any atom is 0.233 e. The van der Waals surface area contributed by atoms with E-state index in [0.29, 0.717) is 12.6 Å². The number of amides is 1. The fraction of sp³-hybridized carbons (Fsp3) is 0.500. The lowest BCUT2D eigenvalue weighted by atomic mass is 10.1. The summed E-state index contributed by atoms with van der Waals surface area (Å²) < 4.78 is 1.09. The molecule has 1 rings (SSSR count). The molecule has 1 unspecified atom stereocenters. The Balaban J connectivity index is 2.27. The van der Waals surface area contributed by atoms with E-state index in [2.05, 4.69) is 45.6 Å². The lowest BCUT2D eigenvalue weighted by Crippen LogP contribution is -2.39. The topological polar surface area (TPSA) is 41.1 Å². The van der Waals surface area contributed by atoms with Gasteiger partial charge < -0.3 is 10.6 Å². The Kier molecular flexibility index (Phi) is 6.98. The first-order chi connectivity index (χ1) is 8.61. The number of halogens is 1. The van der Waals surface area contributed by atoms with E-state index in [0.717, 1.165) is 23.9 Å². The van der Waals surface area contributed by atoms with Gasteiger partial charge in [0.05, 0.1) is 6.54 Å². The second-order valence-corrected chi connectivity index (χ2v) is 5.38. The third kappa shape index (κ3) is 6.17. The minimum atomic E-state index is 0.0690. The number of nitrogens with one attached hydrogen (secondary N) is 2. The third-order valence-electron chi connectivity index (χ3n) is 2.64. The van der Waals surface area contributed by atoms with Crippen molar-refractivity contribution < 1.29 is 4.79 Å². The van der Waals surface area contributed by atoms with Crippen LogP contribution in [-0.2, 0) is 11.2 Å². The highest BCUT2D eigenvalue weighted by Gasteiger charge is 2.05. The molecule has 2 N–H and O–H groups in total. The first kappa shape index (κ1) is 15.2. The van der Waals surface area contributed by atoms with Gasteiger partial charge in [0.25, 0.3) is 0 Å². The molecule has 0 aliphatic carbocycles. The summed E-state index contributed by atoms with van der Waals surface area (Å²) in [6.07, 6.45) is 1.90. The zero-order chi connectivity index (χ0) is 13.4. The second-order valence-electron chi connectivity index (χ2n) is 4.46. The van der Waals surface area contributed by atoms with Crippen LogP contribution in [0.5, 0.6) is 0 Å². The summed E-state index contributed by atoms with van der Waals surface area (Å²) in [5.74, 6) is 0.0690. The molecule has 1 aromatic rings. The molecule has 0 fully saturated rings. The lowest BCUT2D eigenvalue weighted by molar-refractivity contribution is -0.120. The van der Waals surface area contributed by atoms with Crippen LogP contribution in [0.15, 0.2) is 28.7 Å². The maximum absolute atomic E-state index is 11.4. The maximum atomic E-state index is 11.4. The van der Waals surface area contributed by atoms with Gasteiger partial charge in [-0.2, -0.15) is 0 Å². The Labute approximate surface area is 117 Å². The van der Waals surface area contributed by atoms with Crippen LogP contribution in [0.3, 0.4) is 0 Å².